The van der Waals surface area contributed by atoms with Crippen molar-refractivity contribution in [3.8, 4) is 0 Å². The topological polar surface area (TPSA) is 59.7 Å². The molecule has 37 heavy (non-hydrogen) atoms. The van der Waals surface area contributed by atoms with Crippen molar-refractivity contribution < 1.29 is 22.4 Å². The molecular weight excluding hydrogens is 488 g/mol. The Labute approximate surface area is 215 Å². The monoisotopic (exact) mass is 524 g/mol. The number of rotatable bonds is 8. The van der Waals surface area contributed by atoms with Crippen LogP contribution in [0, 0.1) is 19.7 Å². The lowest BCUT2D eigenvalue weighted by atomic mass is 9.96. The molecule has 0 bridgehead atoms. The van der Waals surface area contributed by atoms with E-state index >= 15 is 0 Å². The lowest BCUT2D eigenvalue weighted by molar-refractivity contribution is -0.137. The number of carbonyl (C=O) groups excluding carboxylic acids is 1. The van der Waals surface area contributed by atoms with Crippen LogP contribution in [0.5, 0.6) is 0 Å². The number of H-pyrrole nitrogens is 1. The quantitative estimate of drug-likeness (QED) is 0.373. The number of nitrogens with one attached hydrogen (secondary N) is 1. The number of piperidine rings is 1. The summed E-state index contributed by atoms with van der Waals surface area (Å²) < 4.78 is 57.1. The van der Waals surface area contributed by atoms with Crippen LogP contribution in [0.4, 0.5) is 28.9 Å². The first kappa shape index (κ1) is 28.7. The molecule has 0 radical (unpaired) electrons. The summed E-state index contributed by atoms with van der Waals surface area (Å²) in [7, 11) is 2.02. The average Bonchev–Trinajstić information content (AvgIpc) is 2.82. The Kier molecular flexibility index (Phi) is 8.72. The van der Waals surface area contributed by atoms with Gasteiger partial charge in [-0.2, -0.15) is 13.2 Å². The summed E-state index contributed by atoms with van der Waals surface area (Å²) in [5, 5.41) is 0. The third-order valence-electron chi connectivity index (χ3n) is 7.27. The van der Waals surface area contributed by atoms with Crippen LogP contribution in [-0.2, 0) is 17.5 Å². The van der Waals surface area contributed by atoms with Crippen LogP contribution in [0.3, 0.4) is 0 Å². The molecule has 0 saturated carbocycles. The molecule has 2 heterocycles. The molecule has 1 fully saturated rings. The number of hydrogen-bond acceptors (Lipinski definition) is 4. The number of nitrogens with zero attached hydrogens (tertiary/aromatic N) is 3. The van der Waals surface area contributed by atoms with Crippen LogP contribution in [0.25, 0.3) is 0 Å². The van der Waals surface area contributed by atoms with E-state index < -0.39 is 23.1 Å². The van der Waals surface area contributed by atoms with Crippen LogP contribution in [-0.4, -0.2) is 49.0 Å². The predicted molar refractivity (Wildman–Crippen MR) is 138 cm³/mol. The summed E-state index contributed by atoms with van der Waals surface area (Å²) in [5.41, 5.74) is -0.260. The van der Waals surface area contributed by atoms with E-state index in [1.807, 2.05) is 18.9 Å². The number of carbonyl (C=O) groups is 1. The van der Waals surface area contributed by atoms with E-state index in [9.17, 15) is 27.2 Å². The largest absolute Gasteiger partial charge is 0.416 e. The number of hydrogen-bond donors (Lipinski definition) is 1. The average molecular weight is 525 g/mol. The van der Waals surface area contributed by atoms with Gasteiger partial charge in [-0.15, -0.1) is 0 Å². The van der Waals surface area contributed by atoms with E-state index in [2.05, 4.69) is 9.88 Å². The van der Waals surface area contributed by atoms with Gasteiger partial charge in [0, 0.05) is 35.1 Å². The van der Waals surface area contributed by atoms with Gasteiger partial charge < -0.3 is 19.7 Å². The molecular formula is C27H36F4N4O2. The number of likely N-dealkylation sites (tertiary alicyclic amines) is 1. The van der Waals surface area contributed by atoms with Gasteiger partial charge in [-0.1, -0.05) is 13.8 Å². The highest BCUT2D eigenvalue weighted by Gasteiger charge is 2.35. The van der Waals surface area contributed by atoms with Gasteiger partial charge in [0.2, 0.25) is 6.41 Å². The van der Waals surface area contributed by atoms with Crippen LogP contribution in [0.1, 0.15) is 67.5 Å². The van der Waals surface area contributed by atoms with Gasteiger partial charge in [0.1, 0.15) is 5.82 Å². The van der Waals surface area contributed by atoms with Gasteiger partial charge >= 0.3 is 6.18 Å². The fourth-order valence-electron chi connectivity index (χ4n) is 5.24. The summed E-state index contributed by atoms with van der Waals surface area (Å²) in [6.45, 7) is 10.3. The van der Waals surface area contributed by atoms with Gasteiger partial charge in [-0.25, -0.2) is 4.39 Å². The van der Waals surface area contributed by atoms with Crippen molar-refractivity contribution in [1.29, 1.82) is 0 Å². The summed E-state index contributed by atoms with van der Waals surface area (Å²) in [6, 6.07) is 2.13. The zero-order chi connectivity index (χ0) is 27.7. The molecule has 0 atom stereocenters. The van der Waals surface area contributed by atoms with Gasteiger partial charge in [-0.05, 0) is 77.4 Å². The van der Waals surface area contributed by atoms with Crippen molar-refractivity contribution in [2.75, 3.05) is 36.5 Å². The molecule has 1 amide bonds. The van der Waals surface area contributed by atoms with Crippen molar-refractivity contribution in [2.45, 2.75) is 72.1 Å². The van der Waals surface area contributed by atoms with Crippen LogP contribution >= 0.6 is 0 Å². The molecule has 0 unspecified atom stereocenters. The maximum Gasteiger partial charge on any atom is 0.416 e. The molecule has 0 spiro atoms. The minimum Gasteiger partial charge on any atom is -0.368 e. The van der Waals surface area contributed by atoms with E-state index in [1.54, 1.807) is 20.8 Å². The molecule has 1 aromatic heterocycles. The maximum absolute atomic E-state index is 15.0. The molecule has 2 aromatic rings. The number of aromatic amines is 1. The lowest BCUT2D eigenvalue weighted by Gasteiger charge is -2.39. The minimum atomic E-state index is -4.64. The highest BCUT2D eigenvalue weighted by atomic mass is 19.4. The third kappa shape index (κ3) is 6.00. The van der Waals surface area contributed by atoms with Crippen molar-refractivity contribution in [3.05, 3.63) is 56.3 Å². The first-order valence-electron chi connectivity index (χ1n) is 12.6. The number of anilines is 2. The second-order valence-corrected chi connectivity index (χ2v) is 10.1. The molecule has 6 nitrogen and oxygen atoms in total. The van der Waals surface area contributed by atoms with Gasteiger partial charge in [0.05, 0.1) is 17.8 Å². The Morgan fingerprint density at radius 1 is 1.16 bits per heavy atom. The Morgan fingerprint density at radius 2 is 1.76 bits per heavy atom. The molecule has 10 heteroatoms. The van der Waals surface area contributed by atoms with Crippen LogP contribution < -0.4 is 15.4 Å². The van der Waals surface area contributed by atoms with E-state index in [4.69, 9.17) is 0 Å². The summed E-state index contributed by atoms with van der Waals surface area (Å²) >= 11 is 0. The normalized spacial score (nSPS) is 15.3. The standard InChI is InChI=1S/C27H36F4N4O2/c1-7-35(20-8-10-33(6)11-9-20)23-13-19(27(29,30)31)12-22(17(23)4)34(15-36)14-21-24(16(2)3)25(28)18(5)32-26(21)37/h12-13,15-16,20H,7-11,14H2,1-6H3,(H,32,37). The highest BCUT2D eigenvalue weighted by molar-refractivity contribution is 5.81. The molecule has 1 saturated heterocycles. The third-order valence-corrected chi connectivity index (χ3v) is 7.27. The number of amides is 1. The smallest absolute Gasteiger partial charge is 0.368 e. The van der Waals surface area contributed by atoms with E-state index in [0.717, 1.165) is 43.0 Å². The minimum absolute atomic E-state index is 0.0197. The second kappa shape index (κ2) is 11.2. The highest BCUT2D eigenvalue weighted by Crippen LogP contribution is 2.40. The van der Waals surface area contributed by atoms with Gasteiger partial charge in [-0.3, -0.25) is 9.59 Å². The summed E-state index contributed by atoms with van der Waals surface area (Å²) in [6.07, 6.45) is -2.63. The maximum atomic E-state index is 15.0. The van der Waals surface area contributed by atoms with E-state index in [0.29, 0.717) is 24.2 Å². The fourth-order valence-corrected chi connectivity index (χ4v) is 5.24. The van der Waals surface area contributed by atoms with Crippen LogP contribution in [0.15, 0.2) is 16.9 Å². The van der Waals surface area contributed by atoms with Crippen molar-refractivity contribution in [1.82, 2.24) is 9.88 Å². The summed E-state index contributed by atoms with van der Waals surface area (Å²) in [5.74, 6) is -0.959. The van der Waals surface area contributed by atoms with Crippen molar-refractivity contribution in [2.24, 2.45) is 0 Å². The molecule has 1 aromatic carbocycles. The number of halogens is 4. The molecule has 1 N–H and O–H groups in total. The van der Waals surface area contributed by atoms with Crippen LogP contribution in [0.2, 0.25) is 0 Å². The molecule has 1 aliphatic heterocycles. The Bertz CT molecular complexity index is 1180. The number of aromatic nitrogens is 1. The number of benzene rings is 1. The SMILES string of the molecule is CCN(c1cc(C(F)(F)F)cc(N(C=O)Cc2c(C(C)C)c(F)c(C)[nH]c2=O)c1C)C1CCN(C)CC1. The summed E-state index contributed by atoms with van der Waals surface area (Å²) in [4.78, 5) is 32.8. The number of aryl methyl sites for hydroxylation is 1. The Morgan fingerprint density at radius 3 is 2.27 bits per heavy atom. The molecule has 0 aliphatic carbocycles. The zero-order valence-corrected chi connectivity index (χ0v) is 22.3. The van der Waals surface area contributed by atoms with Gasteiger partial charge in [0.25, 0.3) is 5.56 Å². The fraction of sp³-hybridized carbons (Fsp3) is 0.556. The van der Waals surface area contributed by atoms with E-state index in [-0.39, 0.29) is 41.0 Å². The lowest BCUT2D eigenvalue weighted by Crippen LogP contribution is -2.44. The van der Waals surface area contributed by atoms with Crippen molar-refractivity contribution in [3.63, 3.8) is 0 Å². The molecule has 3 rings (SSSR count). The first-order valence-corrected chi connectivity index (χ1v) is 12.6. The first-order chi connectivity index (χ1) is 17.3. The molecule has 1 aliphatic rings. The Balaban J connectivity index is 2.16. The zero-order valence-electron chi connectivity index (χ0n) is 22.3. The van der Waals surface area contributed by atoms with E-state index in [1.165, 1.54) is 6.92 Å². The van der Waals surface area contributed by atoms with Crippen molar-refractivity contribution >= 4 is 17.8 Å². The Hall–Kier alpha value is -2.88. The molecule has 204 valence electrons. The number of alkyl halides is 3. The second-order valence-electron chi connectivity index (χ2n) is 10.1. The predicted octanol–water partition coefficient (Wildman–Crippen LogP) is 5.36. The van der Waals surface area contributed by atoms with Gasteiger partial charge in [0.15, 0.2) is 0 Å². The number of pyridine rings is 1.